The Kier molecular flexibility index (Phi) is 3.96. The van der Waals surface area contributed by atoms with E-state index in [2.05, 4.69) is 25.6 Å². The van der Waals surface area contributed by atoms with Crippen molar-refractivity contribution in [2.75, 3.05) is 10.5 Å². The molecule has 20 heavy (non-hydrogen) atoms. The maximum absolute atomic E-state index is 13.0. The van der Waals surface area contributed by atoms with Gasteiger partial charge in [-0.25, -0.2) is 13.4 Å². The van der Waals surface area contributed by atoms with Crippen molar-refractivity contribution in [3.05, 3.63) is 46.3 Å². The van der Waals surface area contributed by atoms with E-state index in [0.29, 0.717) is 15.7 Å². The van der Waals surface area contributed by atoms with Gasteiger partial charge in [-0.05, 0) is 36.8 Å². The van der Waals surface area contributed by atoms with Gasteiger partial charge < -0.3 is 5.73 Å². The van der Waals surface area contributed by atoms with Crippen LogP contribution in [0.3, 0.4) is 0 Å². The first-order chi connectivity index (χ1) is 9.29. The van der Waals surface area contributed by atoms with Crippen LogP contribution in [0, 0.1) is 12.9 Å². The lowest BCUT2D eigenvalue weighted by Crippen LogP contribution is -2.16. The van der Waals surface area contributed by atoms with Gasteiger partial charge in [0, 0.05) is 10.2 Å². The van der Waals surface area contributed by atoms with Gasteiger partial charge in [-0.15, -0.1) is 0 Å². The van der Waals surface area contributed by atoms with Gasteiger partial charge in [-0.1, -0.05) is 22.0 Å². The van der Waals surface area contributed by atoms with Crippen LogP contribution < -0.4 is 10.5 Å². The predicted octanol–water partition coefficient (Wildman–Crippen LogP) is 2.67. The SMILES string of the molecule is Cc1c(N)cc(Br)cc1S(=O)(=O)Nc1cccc(F)n1. The summed E-state index contributed by atoms with van der Waals surface area (Å²) in [6.07, 6.45) is 0. The van der Waals surface area contributed by atoms with E-state index >= 15 is 0 Å². The summed E-state index contributed by atoms with van der Waals surface area (Å²) in [5.41, 5.74) is 6.49. The van der Waals surface area contributed by atoms with Gasteiger partial charge in [-0.2, -0.15) is 4.39 Å². The topological polar surface area (TPSA) is 85.1 Å². The zero-order valence-electron chi connectivity index (χ0n) is 10.4. The van der Waals surface area contributed by atoms with Crippen LogP contribution in [-0.2, 0) is 10.0 Å². The molecule has 106 valence electrons. The van der Waals surface area contributed by atoms with E-state index < -0.39 is 16.0 Å². The van der Waals surface area contributed by atoms with Crippen LogP contribution in [0.5, 0.6) is 0 Å². The number of sulfonamides is 1. The summed E-state index contributed by atoms with van der Waals surface area (Å²) in [6, 6.07) is 6.88. The first-order valence-electron chi connectivity index (χ1n) is 5.50. The second kappa shape index (κ2) is 5.37. The highest BCUT2D eigenvalue weighted by Crippen LogP contribution is 2.27. The fraction of sp³-hybridized carbons (Fsp3) is 0.0833. The predicted molar refractivity (Wildman–Crippen MR) is 78.3 cm³/mol. The first-order valence-corrected chi connectivity index (χ1v) is 7.78. The van der Waals surface area contributed by atoms with Crippen molar-refractivity contribution >= 4 is 37.5 Å². The lowest BCUT2D eigenvalue weighted by atomic mass is 10.2. The summed E-state index contributed by atoms with van der Waals surface area (Å²) < 4.78 is 40.3. The quantitative estimate of drug-likeness (QED) is 0.651. The third-order valence-electron chi connectivity index (χ3n) is 2.61. The number of nitrogens with zero attached hydrogens (tertiary/aromatic N) is 1. The van der Waals surface area contributed by atoms with Gasteiger partial charge in [0.1, 0.15) is 5.82 Å². The molecular weight excluding hydrogens is 349 g/mol. The lowest BCUT2D eigenvalue weighted by Gasteiger charge is -2.12. The third kappa shape index (κ3) is 3.07. The van der Waals surface area contributed by atoms with Crippen molar-refractivity contribution in [3.8, 4) is 0 Å². The molecule has 0 aliphatic carbocycles. The molecule has 2 aromatic rings. The number of halogens is 2. The van der Waals surface area contributed by atoms with Gasteiger partial charge in [0.25, 0.3) is 10.0 Å². The normalized spacial score (nSPS) is 11.3. The van der Waals surface area contributed by atoms with Gasteiger partial charge >= 0.3 is 0 Å². The van der Waals surface area contributed by atoms with Crippen molar-refractivity contribution in [1.82, 2.24) is 4.98 Å². The number of hydrogen-bond acceptors (Lipinski definition) is 4. The number of benzene rings is 1. The van der Waals surface area contributed by atoms with E-state index in [-0.39, 0.29) is 10.7 Å². The summed E-state index contributed by atoms with van der Waals surface area (Å²) in [5.74, 6) is -0.862. The minimum atomic E-state index is -3.89. The average Bonchev–Trinajstić information content (AvgIpc) is 2.33. The van der Waals surface area contributed by atoms with E-state index in [1.54, 1.807) is 13.0 Å². The van der Waals surface area contributed by atoms with Crippen molar-refractivity contribution < 1.29 is 12.8 Å². The fourth-order valence-electron chi connectivity index (χ4n) is 1.61. The number of nitrogens with two attached hydrogens (primary N) is 1. The zero-order valence-corrected chi connectivity index (χ0v) is 12.8. The summed E-state index contributed by atoms with van der Waals surface area (Å²) in [5, 5.41) is 0. The number of rotatable bonds is 3. The van der Waals surface area contributed by atoms with Gasteiger partial charge in [-0.3, -0.25) is 4.72 Å². The molecule has 0 fully saturated rings. The molecule has 2 rings (SSSR count). The molecule has 0 aliphatic heterocycles. The summed E-state index contributed by atoms with van der Waals surface area (Å²) >= 11 is 3.19. The summed E-state index contributed by atoms with van der Waals surface area (Å²) in [7, 11) is -3.89. The third-order valence-corrected chi connectivity index (χ3v) is 4.55. The average molecular weight is 360 g/mol. The summed E-state index contributed by atoms with van der Waals surface area (Å²) in [4.78, 5) is 3.47. The monoisotopic (exact) mass is 359 g/mol. The molecule has 0 spiro atoms. The smallest absolute Gasteiger partial charge is 0.263 e. The lowest BCUT2D eigenvalue weighted by molar-refractivity contribution is 0.584. The number of hydrogen-bond donors (Lipinski definition) is 2. The Labute approximate surface area is 124 Å². The molecule has 1 aromatic heterocycles. The van der Waals surface area contributed by atoms with Crippen LogP contribution >= 0.6 is 15.9 Å². The van der Waals surface area contributed by atoms with Gasteiger partial charge in [0.2, 0.25) is 5.95 Å². The highest BCUT2D eigenvalue weighted by Gasteiger charge is 2.19. The van der Waals surface area contributed by atoms with Crippen molar-refractivity contribution in [2.24, 2.45) is 0 Å². The molecule has 0 aliphatic rings. The molecule has 0 unspecified atom stereocenters. The van der Waals surface area contributed by atoms with Gasteiger partial charge in [0.15, 0.2) is 0 Å². The van der Waals surface area contributed by atoms with E-state index in [0.717, 1.165) is 6.07 Å². The van der Waals surface area contributed by atoms with Crippen molar-refractivity contribution in [1.29, 1.82) is 0 Å². The number of anilines is 2. The minimum absolute atomic E-state index is 0.00966. The highest BCUT2D eigenvalue weighted by molar-refractivity contribution is 9.10. The maximum Gasteiger partial charge on any atom is 0.263 e. The fourth-order valence-corrected chi connectivity index (χ4v) is 3.54. The molecule has 1 aromatic carbocycles. The van der Waals surface area contributed by atoms with Crippen LogP contribution in [-0.4, -0.2) is 13.4 Å². The summed E-state index contributed by atoms with van der Waals surface area (Å²) in [6.45, 7) is 1.59. The second-order valence-corrected chi connectivity index (χ2v) is 6.64. The van der Waals surface area contributed by atoms with Crippen LogP contribution in [0.15, 0.2) is 39.7 Å². The number of nitrogen functional groups attached to an aromatic ring is 1. The Hall–Kier alpha value is -1.67. The van der Waals surface area contributed by atoms with Crippen LogP contribution in [0.4, 0.5) is 15.9 Å². The Bertz CT molecular complexity index is 765. The number of nitrogens with one attached hydrogen (secondary N) is 1. The molecule has 1 heterocycles. The van der Waals surface area contributed by atoms with Crippen LogP contribution in [0.1, 0.15) is 5.56 Å². The zero-order chi connectivity index (χ0) is 14.9. The molecule has 5 nitrogen and oxygen atoms in total. The van der Waals surface area contributed by atoms with E-state index in [1.165, 1.54) is 18.2 Å². The standard InChI is InChI=1S/C12H11BrFN3O2S/c1-7-9(15)5-8(13)6-10(7)20(18,19)17-12-4-2-3-11(14)16-12/h2-6H,15H2,1H3,(H,16,17). The Morgan fingerprint density at radius 2 is 2.05 bits per heavy atom. The van der Waals surface area contributed by atoms with E-state index in [1.807, 2.05) is 0 Å². The largest absolute Gasteiger partial charge is 0.398 e. The molecule has 0 radical (unpaired) electrons. The molecule has 3 N–H and O–H groups in total. The highest BCUT2D eigenvalue weighted by atomic mass is 79.9. The van der Waals surface area contributed by atoms with Gasteiger partial charge in [0.05, 0.1) is 4.90 Å². The Morgan fingerprint density at radius 3 is 2.70 bits per heavy atom. The molecular formula is C12H11BrFN3O2S. The molecule has 0 saturated heterocycles. The Balaban J connectivity index is 2.46. The minimum Gasteiger partial charge on any atom is -0.398 e. The van der Waals surface area contributed by atoms with Crippen molar-refractivity contribution in [2.45, 2.75) is 11.8 Å². The van der Waals surface area contributed by atoms with Crippen molar-refractivity contribution in [3.63, 3.8) is 0 Å². The molecule has 0 atom stereocenters. The molecule has 0 saturated carbocycles. The number of pyridine rings is 1. The molecule has 0 bridgehead atoms. The first kappa shape index (κ1) is 14.7. The number of aromatic nitrogens is 1. The molecule has 8 heteroatoms. The maximum atomic E-state index is 13.0. The van der Waals surface area contributed by atoms with Crippen LogP contribution in [0.25, 0.3) is 0 Å². The Morgan fingerprint density at radius 1 is 1.35 bits per heavy atom. The van der Waals surface area contributed by atoms with E-state index in [9.17, 15) is 12.8 Å². The van der Waals surface area contributed by atoms with E-state index in [4.69, 9.17) is 5.73 Å². The van der Waals surface area contributed by atoms with Crippen LogP contribution in [0.2, 0.25) is 0 Å². The second-order valence-electron chi connectivity index (χ2n) is 4.07. The molecule has 0 amide bonds.